The van der Waals surface area contributed by atoms with Gasteiger partial charge in [0.1, 0.15) is 5.75 Å². The first-order valence-corrected chi connectivity index (χ1v) is 6.87. The van der Waals surface area contributed by atoms with E-state index in [0.29, 0.717) is 12.4 Å². The van der Waals surface area contributed by atoms with Crippen molar-refractivity contribution in [2.45, 2.75) is 18.2 Å². The lowest BCUT2D eigenvalue weighted by atomic mass is 10.1. The van der Waals surface area contributed by atoms with Gasteiger partial charge in [0.25, 0.3) is 0 Å². The molecule has 1 aromatic carbocycles. The minimum atomic E-state index is -1.45. The molecule has 0 fully saturated rings. The molecule has 0 heterocycles. The average molecular weight is 334 g/mol. The van der Waals surface area contributed by atoms with Gasteiger partial charge >= 0.3 is 11.9 Å². The Hall–Kier alpha value is -1.79. The summed E-state index contributed by atoms with van der Waals surface area (Å²) in [6.45, 7) is 2.33. The number of ether oxygens (including phenoxy) is 1. The van der Waals surface area contributed by atoms with Gasteiger partial charge in [-0.15, -0.1) is 0 Å². The van der Waals surface area contributed by atoms with Crippen LogP contribution in [0.25, 0.3) is 0 Å². The molecule has 1 rings (SSSR count). The third-order valence-corrected chi connectivity index (χ3v) is 2.57. The van der Waals surface area contributed by atoms with Crippen molar-refractivity contribution in [3.05, 3.63) is 29.8 Å². The Kier molecular flexibility index (Phi) is 6.98. The molecule has 0 aromatic heterocycles. The van der Waals surface area contributed by atoms with Crippen LogP contribution in [-0.4, -0.2) is 34.2 Å². The fourth-order valence-electron chi connectivity index (χ4n) is 1.33. The number of aliphatic carboxylic acids is 1. The van der Waals surface area contributed by atoms with Gasteiger partial charge in [-0.05, 0) is 18.6 Å². The number of carbonyl (C=O) groups excluding carboxylic acids is 1. The van der Waals surface area contributed by atoms with E-state index in [1.54, 1.807) is 18.2 Å². The number of para-hydroxylation sites is 1. The second-order valence-electron chi connectivity index (χ2n) is 3.80. The number of carboxylic acid groups (broad SMARTS) is 1. The summed E-state index contributed by atoms with van der Waals surface area (Å²) in [5, 5.41) is 12.5. The highest BCUT2D eigenvalue weighted by molar-refractivity contribution is 6.53. The number of halogens is 2. The molecule has 8 heteroatoms. The molecule has 1 N–H and O–H groups in total. The lowest BCUT2D eigenvalue weighted by Crippen LogP contribution is -2.19. The maximum absolute atomic E-state index is 11.3. The Morgan fingerprint density at radius 3 is 2.57 bits per heavy atom. The summed E-state index contributed by atoms with van der Waals surface area (Å²) in [5.74, 6) is -2.12. The summed E-state index contributed by atoms with van der Waals surface area (Å²) in [6, 6.07) is 6.38. The van der Waals surface area contributed by atoms with Crippen LogP contribution in [0.3, 0.4) is 0 Å². The number of oxime groups is 1. The molecule has 0 spiro atoms. The number of carboxylic acids is 1. The third-order valence-electron chi connectivity index (χ3n) is 2.21. The van der Waals surface area contributed by atoms with Crippen LogP contribution in [0.5, 0.6) is 5.75 Å². The summed E-state index contributed by atoms with van der Waals surface area (Å²) in [6.07, 6.45) is 0.753. The van der Waals surface area contributed by atoms with Crippen molar-refractivity contribution in [2.75, 3.05) is 6.61 Å². The Morgan fingerprint density at radius 1 is 1.33 bits per heavy atom. The molecule has 0 amide bonds. The van der Waals surface area contributed by atoms with Crippen molar-refractivity contribution >= 4 is 40.9 Å². The van der Waals surface area contributed by atoms with Crippen LogP contribution in [0.15, 0.2) is 29.4 Å². The minimum absolute atomic E-state index is 0.187. The zero-order valence-electron chi connectivity index (χ0n) is 11.1. The monoisotopic (exact) mass is 333 g/mol. The lowest BCUT2D eigenvalue weighted by molar-refractivity contribution is -0.141. The maximum atomic E-state index is 11.3. The summed E-state index contributed by atoms with van der Waals surface area (Å²) in [5.41, 5.74) is -0.295. The third kappa shape index (κ3) is 5.24. The summed E-state index contributed by atoms with van der Waals surface area (Å²) in [7, 11) is 0. The van der Waals surface area contributed by atoms with Crippen LogP contribution < -0.4 is 4.74 Å². The van der Waals surface area contributed by atoms with E-state index < -0.39 is 22.5 Å². The van der Waals surface area contributed by atoms with Gasteiger partial charge < -0.3 is 14.7 Å². The Balaban J connectivity index is 3.08. The molecule has 0 saturated carbocycles. The number of nitrogens with zero attached hydrogens (tertiary/aromatic N) is 1. The van der Waals surface area contributed by atoms with Gasteiger partial charge in [-0.2, -0.15) is 0 Å². The van der Waals surface area contributed by atoms with E-state index in [1.807, 2.05) is 6.92 Å². The molecule has 0 unspecified atom stereocenters. The molecular weight excluding hydrogens is 321 g/mol. The first-order valence-electron chi connectivity index (χ1n) is 5.99. The highest BCUT2D eigenvalue weighted by Crippen LogP contribution is 2.20. The smallest absolute Gasteiger partial charge is 0.367 e. The molecule has 0 aliphatic rings. The van der Waals surface area contributed by atoms with Crippen LogP contribution >= 0.6 is 23.2 Å². The molecule has 0 aliphatic carbocycles. The topological polar surface area (TPSA) is 85.2 Å². The van der Waals surface area contributed by atoms with Crippen molar-refractivity contribution in [2.24, 2.45) is 5.16 Å². The SMILES string of the molecule is CCCOc1ccccc1C(=NOC(=O)C(Cl)Cl)C(=O)O. The maximum Gasteiger partial charge on any atom is 0.367 e. The van der Waals surface area contributed by atoms with Crippen LogP contribution in [0, 0.1) is 0 Å². The van der Waals surface area contributed by atoms with Gasteiger partial charge in [0.2, 0.25) is 4.84 Å². The highest BCUT2D eigenvalue weighted by atomic mass is 35.5. The molecule has 0 radical (unpaired) electrons. The quantitative estimate of drug-likeness (QED) is 0.359. The predicted molar refractivity (Wildman–Crippen MR) is 78.0 cm³/mol. The second-order valence-corrected chi connectivity index (χ2v) is 4.90. The molecule has 114 valence electrons. The van der Waals surface area contributed by atoms with E-state index in [0.717, 1.165) is 6.42 Å². The number of alkyl halides is 2. The van der Waals surface area contributed by atoms with E-state index in [1.165, 1.54) is 6.07 Å². The van der Waals surface area contributed by atoms with Crippen molar-refractivity contribution < 1.29 is 24.3 Å². The summed E-state index contributed by atoms with van der Waals surface area (Å²) in [4.78, 5) is 25.3. The molecule has 0 bridgehead atoms. The van der Waals surface area contributed by atoms with Gasteiger partial charge in [-0.3, -0.25) is 0 Å². The van der Waals surface area contributed by atoms with Gasteiger partial charge in [-0.1, -0.05) is 47.4 Å². The van der Waals surface area contributed by atoms with E-state index in [9.17, 15) is 14.7 Å². The van der Waals surface area contributed by atoms with E-state index in [2.05, 4.69) is 9.99 Å². The Morgan fingerprint density at radius 2 is 2.00 bits per heavy atom. The zero-order chi connectivity index (χ0) is 15.8. The molecular formula is C13H13Cl2NO5. The van der Waals surface area contributed by atoms with Gasteiger partial charge in [0.15, 0.2) is 5.71 Å². The fourth-order valence-corrected chi connectivity index (χ4v) is 1.41. The highest BCUT2D eigenvalue weighted by Gasteiger charge is 2.20. The van der Waals surface area contributed by atoms with Gasteiger partial charge in [0, 0.05) is 0 Å². The average Bonchev–Trinajstić information content (AvgIpc) is 2.45. The minimum Gasteiger partial charge on any atom is -0.493 e. The standard InChI is InChI=1S/C13H13Cl2NO5/c1-2-7-20-9-6-4-3-5-8(9)10(12(17)18)16-21-13(19)11(14)15/h3-6,11H,2,7H2,1H3,(H,17,18). The van der Waals surface area contributed by atoms with Crippen LogP contribution in [0.4, 0.5) is 0 Å². The summed E-state index contributed by atoms with van der Waals surface area (Å²) < 4.78 is 5.43. The molecule has 0 saturated heterocycles. The Bertz CT molecular complexity index is 545. The summed E-state index contributed by atoms with van der Waals surface area (Å²) >= 11 is 10.6. The molecule has 0 atom stereocenters. The van der Waals surface area contributed by atoms with Crippen LogP contribution in [0.1, 0.15) is 18.9 Å². The first-order chi connectivity index (χ1) is 9.97. The number of carbonyl (C=O) groups is 2. The largest absolute Gasteiger partial charge is 0.493 e. The van der Waals surface area contributed by atoms with E-state index in [4.69, 9.17) is 27.9 Å². The number of hydrogen-bond donors (Lipinski definition) is 1. The molecule has 1 aromatic rings. The normalized spacial score (nSPS) is 11.3. The molecule has 0 aliphatic heterocycles. The van der Waals surface area contributed by atoms with E-state index >= 15 is 0 Å². The zero-order valence-corrected chi connectivity index (χ0v) is 12.6. The molecule has 21 heavy (non-hydrogen) atoms. The lowest BCUT2D eigenvalue weighted by Gasteiger charge is -2.10. The van der Waals surface area contributed by atoms with Crippen LogP contribution in [0.2, 0.25) is 0 Å². The van der Waals surface area contributed by atoms with E-state index in [-0.39, 0.29) is 5.56 Å². The number of rotatable bonds is 7. The molecule has 6 nitrogen and oxygen atoms in total. The van der Waals surface area contributed by atoms with Crippen LogP contribution in [-0.2, 0) is 14.4 Å². The van der Waals surface area contributed by atoms with Crippen molar-refractivity contribution in [1.82, 2.24) is 0 Å². The number of hydrogen-bond acceptors (Lipinski definition) is 5. The van der Waals surface area contributed by atoms with Crippen molar-refractivity contribution in [1.29, 1.82) is 0 Å². The van der Waals surface area contributed by atoms with Crippen molar-refractivity contribution in [3.8, 4) is 5.75 Å². The fraction of sp³-hybridized carbons (Fsp3) is 0.308. The second kappa shape index (κ2) is 8.49. The van der Waals surface area contributed by atoms with Gasteiger partial charge in [0.05, 0.1) is 12.2 Å². The Labute approximate surface area is 131 Å². The first kappa shape index (κ1) is 17.3. The van der Waals surface area contributed by atoms with Gasteiger partial charge in [-0.25, -0.2) is 9.59 Å². The van der Waals surface area contributed by atoms with Crippen molar-refractivity contribution in [3.63, 3.8) is 0 Å². The number of benzene rings is 1. The predicted octanol–water partition coefficient (Wildman–Crippen LogP) is 2.61.